The maximum atomic E-state index is 13.3. The van der Waals surface area contributed by atoms with Gasteiger partial charge in [-0.25, -0.2) is 9.18 Å². The lowest BCUT2D eigenvalue weighted by Gasteiger charge is -2.11. The molecule has 0 atom stereocenters. The molecule has 0 radical (unpaired) electrons. The zero-order valence-electron chi connectivity index (χ0n) is 17.3. The summed E-state index contributed by atoms with van der Waals surface area (Å²) in [5, 5.41) is 11.2. The van der Waals surface area contributed by atoms with Gasteiger partial charge in [0.25, 0.3) is 5.78 Å². The molecule has 1 heterocycles. The lowest BCUT2D eigenvalue weighted by Crippen LogP contribution is -2.15. The van der Waals surface area contributed by atoms with Gasteiger partial charge in [-0.15, -0.1) is 0 Å². The Kier molecular flexibility index (Phi) is 6.59. The molecule has 162 valence electrons. The van der Waals surface area contributed by atoms with Crippen LogP contribution in [0.15, 0.2) is 48.7 Å². The highest BCUT2D eigenvalue weighted by atomic mass is 19.1. The number of aliphatic hydroxyl groups is 1. The molecule has 0 unspecified atom stereocenters. The first-order valence-corrected chi connectivity index (χ1v) is 9.50. The molecule has 7 nitrogen and oxygen atoms in total. The molecule has 3 aromatic rings. The smallest absolute Gasteiger partial charge is 0.379 e. The minimum Gasteiger partial charge on any atom is -0.507 e. The number of aliphatic hydroxyl groups excluding tert-OH is 1. The molecule has 2 aromatic carbocycles. The molecule has 0 aliphatic rings. The molecule has 0 aliphatic heterocycles. The van der Waals surface area contributed by atoms with Gasteiger partial charge in [-0.2, -0.15) is 0 Å². The van der Waals surface area contributed by atoms with Gasteiger partial charge in [-0.3, -0.25) is 4.79 Å². The summed E-state index contributed by atoms with van der Waals surface area (Å²) >= 11 is 0. The SMILES string of the molecule is CCOC(=O)C(=O)C=C(O)c1cn(Cc2ccc(F)cc2)c2c(OC)ccc(OC)c12. The van der Waals surface area contributed by atoms with E-state index in [0.717, 1.165) is 11.6 Å². The second-order valence-electron chi connectivity index (χ2n) is 6.61. The highest BCUT2D eigenvalue weighted by Crippen LogP contribution is 2.39. The van der Waals surface area contributed by atoms with Crippen molar-refractivity contribution in [3.05, 3.63) is 65.6 Å². The van der Waals surface area contributed by atoms with Crippen molar-refractivity contribution < 1.29 is 33.3 Å². The molecule has 0 spiro atoms. The number of benzene rings is 2. The number of nitrogens with zero attached hydrogens (tertiary/aromatic N) is 1. The van der Waals surface area contributed by atoms with E-state index in [9.17, 15) is 19.1 Å². The fourth-order valence-electron chi connectivity index (χ4n) is 3.29. The lowest BCUT2D eigenvalue weighted by atomic mass is 10.1. The zero-order valence-corrected chi connectivity index (χ0v) is 17.3. The molecule has 1 aromatic heterocycles. The van der Waals surface area contributed by atoms with Crippen molar-refractivity contribution in [2.75, 3.05) is 20.8 Å². The predicted molar refractivity (Wildman–Crippen MR) is 113 cm³/mol. The Morgan fingerprint density at radius 2 is 1.71 bits per heavy atom. The van der Waals surface area contributed by atoms with Crippen molar-refractivity contribution >= 4 is 28.4 Å². The summed E-state index contributed by atoms with van der Waals surface area (Å²) in [6.07, 6.45) is 2.43. The Hall–Kier alpha value is -3.81. The van der Waals surface area contributed by atoms with Gasteiger partial charge >= 0.3 is 5.97 Å². The number of halogens is 1. The van der Waals surface area contributed by atoms with Crippen LogP contribution in [0.1, 0.15) is 18.1 Å². The van der Waals surface area contributed by atoms with Gasteiger partial charge < -0.3 is 23.9 Å². The normalized spacial score (nSPS) is 11.4. The van der Waals surface area contributed by atoms with E-state index in [0.29, 0.717) is 28.9 Å². The quantitative estimate of drug-likeness (QED) is 0.254. The third-order valence-electron chi connectivity index (χ3n) is 4.67. The van der Waals surface area contributed by atoms with Crippen molar-refractivity contribution in [3.8, 4) is 11.5 Å². The highest BCUT2D eigenvalue weighted by molar-refractivity contribution is 6.39. The minimum atomic E-state index is -1.06. The van der Waals surface area contributed by atoms with Crippen LogP contribution in [0, 0.1) is 5.82 Å². The molecule has 0 saturated carbocycles. The number of carbonyl (C=O) groups excluding carboxylic acids is 2. The number of fused-ring (bicyclic) bond motifs is 1. The fraction of sp³-hybridized carbons (Fsp3) is 0.217. The third kappa shape index (κ3) is 4.53. The van der Waals surface area contributed by atoms with E-state index in [1.807, 2.05) is 0 Å². The van der Waals surface area contributed by atoms with Crippen molar-refractivity contribution in [1.82, 2.24) is 4.57 Å². The number of rotatable bonds is 8. The van der Waals surface area contributed by atoms with Crippen LogP contribution in [-0.4, -0.2) is 42.3 Å². The van der Waals surface area contributed by atoms with Crippen LogP contribution in [0.3, 0.4) is 0 Å². The number of aromatic nitrogens is 1. The van der Waals surface area contributed by atoms with E-state index in [2.05, 4.69) is 4.74 Å². The van der Waals surface area contributed by atoms with Gasteiger partial charge in [0.15, 0.2) is 0 Å². The Bertz CT molecular complexity index is 1150. The van der Waals surface area contributed by atoms with Gasteiger partial charge in [0, 0.05) is 24.4 Å². The Morgan fingerprint density at radius 1 is 1.06 bits per heavy atom. The summed E-state index contributed by atoms with van der Waals surface area (Å²) in [7, 11) is 2.99. The molecule has 3 rings (SSSR count). The van der Waals surface area contributed by atoms with Crippen molar-refractivity contribution in [2.24, 2.45) is 0 Å². The van der Waals surface area contributed by atoms with Crippen molar-refractivity contribution in [3.63, 3.8) is 0 Å². The molecular weight excluding hydrogens is 405 g/mol. The molecule has 31 heavy (non-hydrogen) atoms. The third-order valence-corrected chi connectivity index (χ3v) is 4.67. The maximum absolute atomic E-state index is 13.3. The molecular formula is C23H22FNO6. The standard InChI is InChI=1S/C23H22FNO6/c1-4-31-23(28)18(27)11-17(26)16-13-25(12-14-5-7-15(24)8-6-14)22-20(30-3)10-9-19(29-2)21(16)22/h5-11,13,26H,4,12H2,1-3H3. The first-order valence-electron chi connectivity index (χ1n) is 9.50. The van der Waals surface area contributed by atoms with Gasteiger partial charge in [0.05, 0.1) is 31.7 Å². The molecule has 0 amide bonds. The van der Waals surface area contributed by atoms with Gasteiger partial charge in [-0.1, -0.05) is 12.1 Å². The van der Waals surface area contributed by atoms with Crippen LogP contribution in [0.4, 0.5) is 4.39 Å². The fourth-order valence-corrected chi connectivity index (χ4v) is 3.29. The molecule has 8 heteroatoms. The van der Waals surface area contributed by atoms with Gasteiger partial charge in [0.2, 0.25) is 0 Å². The first kappa shape index (κ1) is 21.9. The molecule has 0 aliphatic carbocycles. The van der Waals surface area contributed by atoms with Crippen LogP contribution in [0.2, 0.25) is 0 Å². The van der Waals surface area contributed by atoms with E-state index in [1.54, 1.807) is 42.0 Å². The number of hydrogen-bond acceptors (Lipinski definition) is 6. The Morgan fingerprint density at radius 3 is 2.32 bits per heavy atom. The minimum absolute atomic E-state index is 0.0428. The van der Waals surface area contributed by atoms with E-state index < -0.39 is 17.5 Å². The van der Waals surface area contributed by atoms with Crippen LogP contribution in [0.5, 0.6) is 11.5 Å². The van der Waals surface area contributed by atoms with Crippen LogP contribution < -0.4 is 9.47 Å². The number of carbonyl (C=O) groups is 2. The highest BCUT2D eigenvalue weighted by Gasteiger charge is 2.22. The maximum Gasteiger partial charge on any atom is 0.379 e. The topological polar surface area (TPSA) is 87.0 Å². The number of ether oxygens (including phenoxy) is 3. The van der Waals surface area contributed by atoms with Gasteiger partial charge in [0.1, 0.15) is 23.1 Å². The summed E-state index contributed by atoms with van der Waals surface area (Å²) < 4.78 is 30.7. The molecule has 0 saturated heterocycles. The van der Waals surface area contributed by atoms with Crippen molar-refractivity contribution in [2.45, 2.75) is 13.5 Å². The number of hydrogen-bond donors (Lipinski definition) is 1. The monoisotopic (exact) mass is 427 g/mol. The Labute approximate surface area is 178 Å². The van der Waals surface area contributed by atoms with Gasteiger partial charge in [-0.05, 0) is 36.8 Å². The summed E-state index contributed by atoms with van der Waals surface area (Å²) in [5.41, 5.74) is 1.68. The second-order valence-corrected chi connectivity index (χ2v) is 6.61. The predicted octanol–water partition coefficient (Wildman–Crippen LogP) is 3.88. The summed E-state index contributed by atoms with van der Waals surface area (Å²) in [6.45, 7) is 1.95. The number of esters is 1. The van der Waals surface area contributed by atoms with E-state index in [-0.39, 0.29) is 18.0 Å². The average molecular weight is 427 g/mol. The number of methoxy groups -OCH3 is 2. The summed E-state index contributed by atoms with van der Waals surface area (Å²) in [4.78, 5) is 23.7. The average Bonchev–Trinajstić information content (AvgIpc) is 3.14. The van der Waals surface area contributed by atoms with Crippen LogP contribution >= 0.6 is 0 Å². The van der Waals surface area contributed by atoms with Crippen LogP contribution in [-0.2, 0) is 20.9 Å². The molecule has 0 fully saturated rings. The largest absolute Gasteiger partial charge is 0.507 e. The first-order chi connectivity index (χ1) is 14.9. The van der Waals surface area contributed by atoms with E-state index >= 15 is 0 Å². The number of ketones is 1. The van der Waals surface area contributed by atoms with Crippen LogP contribution in [0.25, 0.3) is 16.7 Å². The van der Waals surface area contributed by atoms with Crippen molar-refractivity contribution in [1.29, 1.82) is 0 Å². The zero-order chi connectivity index (χ0) is 22.5. The summed E-state index contributed by atoms with van der Waals surface area (Å²) in [6, 6.07) is 9.40. The molecule has 0 bridgehead atoms. The van der Waals surface area contributed by atoms with E-state index in [4.69, 9.17) is 9.47 Å². The summed E-state index contributed by atoms with van der Waals surface area (Å²) in [5.74, 6) is -1.87. The molecule has 1 N–H and O–H groups in total. The Balaban J connectivity index is 2.18. The lowest BCUT2D eigenvalue weighted by molar-refractivity contribution is -0.151. The van der Waals surface area contributed by atoms with E-state index in [1.165, 1.54) is 26.4 Å². The second kappa shape index (κ2) is 9.34.